The van der Waals surface area contributed by atoms with E-state index < -0.39 is 5.82 Å². The van der Waals surface area contributed by atoms with Crippen LogP contribution >= 0.6 is 0 Å². The number of likely N-dealkylation sites (N-methyl/N-ethyl adjacent to an activating group) is 1. The Morgan fingerprint density at radius 1 is 1.20 bits per heavy atom. The van der Waals surface area contributed by atoms with Crippen molar-refractivity contribution in [3.63, 3.8) is 0 Å². The number of Topliss-reactive ketones (excluding diaryl/α,β-unsaturated/α-hetero) is 1. The Hall–Kier alpha value is -2.67. The number of benzene rings is 2. The molecule has 100 valence electrons. The standard InChI is InChI=1S/C16H13FN2O/c1-19(15-9-5-2-6-12(15)10-18)11-16(20)13-7-3-4-8-14(13)17/h2-9H,11H2,1H3. The SMILES string of the molecule is CN(CC(=O)c1ccccc1F)c1ccccc1C#N. The number of nitrogens with zero attached hydrogens (tertiary/aromatic N) is 2. The van der Waals surface area contributed by atoms with E-state index in [9.17, 15) is 9.18 Å². The van der Waals surface area contributed by atoms with Crippen LogP contribution < -0.4 is 4.90 Å². The number of halogens is 1. The predicted molar refractivity (Wildman–Crippen MR) is 75.2 cm³/mol. The van der Waals surface area contributed by atoms with E-state index in [1.54, 1.807) is 48.3 Å². The first kappa shape index (κ1) is 13.8. The van der Waals surface area contributed by atoms with Gasteiger partial charge in [-0.1, -0.05) is 24.3 Å². The third-order valence-corrected chi connectivity index (χ3v) is 2.99. The van der Waals surface area contributed by atoms with Gasteiger partial charge in [-0.05, 0) is 24.3 Å². The number of rotatable bonds is 4. The Morgan fingerprint density at radius 3 is 2.55 bits per heavy atom. The summed E-state index contributed by atoms with van der Waals surface area (Å²) in [6.45, 7) is 0.0135. The van der Waals surface area contributed by atoms with Gasteiger partial charge < -0.3 is 4.90 Å². The molecule has 3 nitrogen and oxygen atoms in total. The van der Waals surface area contributed by atoms with Gasteiger partial charge in [-0.3, -0.25) is 4.79 Å². The molecule has 0 saturated carbocycles. The highest BCUT2D eigenvalue weighted by molar-refractivity contribution is 5.99. The van der Waals surface area contributed by atoms with Crippen LogP contribution in [-0.4, -0.2) is 19.4 Å². The molecule has 0 unspecified atom stereocenters. The molecule has 0 spiro atoms. The van der Waals surface area contributed by atoms with Gasteiger partial charge in [0.1, 0.15) is 11.9 Å². The van der Waals surface area contributed by atoms with Crippen molar-refractivity contribution in [2.75, 3.05) is 18.5 Å². The summed E-state index contributed by atoms with van der Waals surface area (Å²) < 4.78 is 13.5. The largest absolute Gasteiger partial charge is 0.366 e. The molecule has 0 atom stereocenters. The highest BCUT2D eigenvalue weighted by Gasteiger charge is 2.15. The summed E-state index contributed by atoms with van der Waals surface area (Å²) in [6, 6.07) is 14.9. The van der Waals surface area contributed by atoms with Gasteiger partial charge in [0.25, 0.3) is 0 Å². The fraction of sp³-hybridized carbons (Fsp3) is 0.125. The van der Waals surface area contributed by atoms with Gasteiger partial charge >= 0.3 is 0 Å². The molecule has 0 heterocycles. The van der Waals surface area contributed by atoms with Crippen LogP contribution in [0.15, 0.2) is 48.5 Å². The molecular weight excluding hydrogens is 255 g/mol. The van der Waals surface area contributed by atoms with Gasteiger partial charge in [-0.2, -0.15) is 5.26 Å². The summed E-state index contributed by atoms with van der Waals surface area (Å²) in [5.74, 6) is -0.849. The molecule has 0 aliphatic heterocycles. The van der Waals surface area contributed by atoms with E-state index in [0.29, 0.717) is 11.3 Å². The Balaban J connectivity index is 2.20. The maximum absolute atomic E-state index is 13.5. The fourth-order valence-electron chi connectivity index (χ4n) is 1.97. The van der Waals surface area contributed by atoms with Crippen LogP contribution in [-0.2, 0) is 0 Å². The summed E-state index contributed by atoms with van der Waals surface area (Å²) in [5.41, 5.74) is 1.20. The first-order valence-electron chi connectivity index (χ1n) is 6.11. The second kappa shape index (κ2) is 5.98. The van der Waals surface area contributed by atoms with Crippen molar-refractivity contribution in [2.24, 2.45) is 0 Å². The molecule has 2 rings (SSSR count). The van der Waals surface area contributed by atoms with Crippen LogP contribution in [0.2, 0.25) is 0 Å². The summed E-state index contributed by atoms with van der Waals surface area (Å²) in [5, 5.41) is 9.04. The van der Waals surface area contributed by atoms with E-state index in [4.69, 9.17) is 5.26 Å². The van der Waals surface area contributed by atoms with Crippen LogP contribution in [0.5, 0.6) is 0 Å². The Kier molecular flexibility index (Phi) is 4.11. The minimum atomic E-state index is -0.528. The molecule has 0 amide bonds. The molecule has 0 radical (unpaired) electrons. The number of nitriles is 1. The van der Waals surface area contributed by atoms with Gasteiger partial charge in [-0.25, -0.2) is 4.39 Å². The fourth-order valence-corrected chi connectivity index (χ4v) is 1.97. The van der Waals surface area contributed by atoms with Gasteiger partial charge in [0.15, 0.2) is 5.78 Å². The highest BCUT2D eigenvalue weighted by Crippen LogP contribution is 2.18. The molecule has 0 fully saturated rings. The molecule has 0 saturated heterocycles. The number of hydrogen-bond donors (Lipinski definition) is 0. The number of carbonyl (C=O) groups is 1. The van der Waals surface area contributed by atoms with Crippen molar-refractivity contribution >= 4 is 11.5 Å². The van der Waals surface area contributed by atoms with Crippen molar-refractivity contribution in [3.05, 3.63) is 65.5 Å². The minimum absolute atomic E-state index is 0.0135. The van der Waals surface area contributed by atoms with Crippen LogP contribution in [0.3, 0.4) is 0 Å². The van der Waals surface area contributed by atoms with Crippen LogP contribution in [0.25, 0.3) is 0 Å². The molecule has 2 aromatic carbocycles. The lowest BCUT2D eigenvalue weighted by Crippen LogP contribution is -2.26. The number of para-hydroxylation sites is 1. The predicted octanol–water partition coefficient (Wildman–Crippen LogP) is 3.02. The van der Waals surface area contributed by atoms with Crippen LogP contribution in [0.1, 0.15) is 15.9 Å². The normalized spacial score (nSPS) is 9.85. The Labute approximate surface area is 116 Å². The molecule has 0 aliphatic carbocycles. The molecular formula is C16H13FN2O. The number of carbonyl (C=O) groups excluding carboxylic acids is 1. The van der Waals surface area contributed by atoms with E-state index in [2.05, 4.69) is 6.07 Å². The average molecular weight is 268 g/mol. The first-order chi connectivity index (χ1) is 9.63. The molecule has 0 aliphatic rings. The van der Waals surface area contributed by atoms with Crippen molar-refractivity contribution in [1.29, 1.82) is 5.26 Å². The van der Waals surface area contributed by atoms with Crippen molar-refractivity contribution < 1.29 is 9.18 Å². The van der Waals surface area contributed by atoms with Crippen molar-refractivity contribution in [3.8, 4) is 6.07 Å². The Bertz CT molecular complexity index is 676. The summed E-state index contributed by atoms with van der Waals surface area (Å²) in [6.07, 6.45) is 0. The molecule has 20 heavy (non-hydrogen) atoms. The quantitative estimate of drug-likeness (QED) is 0.801. The van der Waals surface area contributed by atoms with Crippen molar-refractivity contribution in [1.82, 2.24) is 0 Å². The van der Waals surface area contributed by atoms with Gasteiger partial charge in [0.05, 0.1) is 23.4 Å². The molecule has 4 heteroatoms. The highest BCUT2D eigenvalue weighted by atomic mass is 19.1. The van der Waals surface area contributed by atoms with E-state index in [-0.39, 0.29) is 17.9 Å². The lowest BCUT2D eigenvalue weighted by atomic mass is 10.1. The molecule has 0 bridgehead atoms. The minimum Gasteiger partial charge on any atom is -0.366 e. The zero-order valence-corrected chi connectivity index (χ0v) is 11.0. The summed E-state index contributed by atoms with van der Waals surface area (Å²) >= 11 is 0. The average Bonchev–Trinajstić information content (AvgIpc) is 2.47. The smallest absolute Gasteiger partial charge is 0.185 e. The van der Waals surface area contributed by atoms with E-state index in [1.165, 1.54) is 12.1 Å². The lowest BCUT2D eigenvalue weighted by Gasteiger charge is -2.19. The summed E-state index contributed by atoms with van der Waals surface area (Å²) in [7, 11) is 1.70. The maximum atomic E-state index is 13.5. The van der Waals surface area contributed by atoms with Gasteiger partial charge in [0, 0.05) is 7.05 Å². The zero-order chi connectivity index (χ0) is 14.5. The molecule has 0 N–H and O–H groups in total. The van der Waals surface area contributed by atoms with Crippen LogP contribution in [0.4, 0.5) is 10.1 Å². The van der Waals surface area contributed by atoms with Crippen LogP contribution in [0, 0.1) is 17.1 Å². The third-order valence-electron chi connectivity index (χ3n) is 2.99. The zero-order valence-electron chi connectivity index (χ0n) is 11.0. The van der Waals surface area contributed by atoms with E-state index >= 15 is 0 Å². The monoisotopic (exact) mass is 268 g/mol. The number of ketones is 1. The van der Waals surface area contributed by atoms with E-state index in [0.717, 1.165) is 0 Å². The van der Waals surface area contributed by atoms with Crippen molar-refractivity contribution in [2.45, 2.75) is 0 Å². The van der Waals surface area contributed by atoms with Gasteiger partial charge in [0.2, 0.25) is 0 Å². The second-order valence-corrected chi connectivity index (χ2v) is 4.39. The van der Waals surface area contributed by atoms with Gasteiger partial charge in [-0.15, -0.1) is 0 Å². The Morgan fingerprint density at radius 2 is 1.85 bits per heavy atom. The lowest BCUT2D eigenvalue weighted by molar-refractivity contribution is 0.0996. The summed E-state index contributed by atoms with van der Waals surface area (Å²) in [4.78, 5) is 13.7. The number of anilines is 1. The molecule has 0 aromatic heterocycles. The third kappa shape index (κ3) is 2.83. The number of hydrogen-bond acceptors (Lipinski definition) is 3. The maximum Gasteiger partial charge on any atom is 0.185 e. The second-order valence-electron chi connectivity index (χ2n) is 4.39. The first-order valence-corrected chi connectivity index (χ1v) is 6.11. The van der Waals surface area contributed by atoms with E-state index in [1.807, 2.05) is 0 Å². The topological polar surface area (TPSA) is 44.1 Å². The molecule has 2 aromatic rings.